The van der Waals surface area contributed by atoms with Crippen molar-refractivity contribution in [3.05, 3.63) is 53.1 Å². The Hall–Kier alpha value is -3.30. The molecule has 1 aliphatic carbocycles. The molecule has 2 aliphatic rings. The first-order valence-corrected chi connectivity index (χ1v) is 14.5. The van der Waals surface area contributed by atoms with E-state index in [9.17, 15) is 14.7 Å². The molecular formula is C30H39ClN4O5. The highest BCUT2D eigenvalue weighted by Gasteiger charge is 2.25. The lowest BCUT2D eigenvalue weighted by Gasteiger charge is -2.34. The molecule has 0 spiro atoms. The number of benzene rings is 2. The number of fused-ring (bicyclic) bond motifs is 1. The van der Waals surface area contributed by atoms with E-state index in [1.165, 1.54) is 6.42 Å². The quantitative estimate of drug-likeness (QED) is 0.202. The van der Waals surface area contributed by atoms with Gasteiger partial charge in [-0.15, -0.1) is 0 Å². The molecule has 1 heterocycles. The number of halogens is 1. The van der Waals surface area contributed by atoms with Gasteiger partial charge in [-0.05, 0) is 56.4 Å². The first-order chi connectivity index (χ1) is 19.5. The molecule has 0 radical (unpaired) electrons. The standard InChI is InChI=1S/C30H39ClN4O5/c31-24-12-6-7-14-27(24)40-29(38)21-34-20-23-25(33-30(34)32)13-9-15-26(23)39-19-8-2-5-16-28(37)35(17-18-36)22-10-3-1-4-11-22/h6-7,9,12-15,22,36H,1-5,8,10-11,16-21H2,(H2,32,33). The molecule has 1 aliphatic heterocycles. The summed E-state index contributed by atoms with van der Waals surface area (Å²) in [4.78, 5) is 33.4. The van der Waals surface area contributed by atoms with Crippen LogP contribution >= 0.6 is 11.6 Å². The predicted molar refractivity (Wildman–Crippen MR) is 155 cm³/mol. The summed E-state index contributed by atoms with van der Waals surface area (Å²) in [7, 11) is 0. The number of unbranched alkanes of at least 4 members (excludes halogenated alkanes) is 2. The van der Waals surface area contributed by atoms with E-state index in [1.54, 1.807) is 29.2 Å². The number of aliphatic hydroxyl groups is 1. The number of nitrogens with two attached hydrogens (primary N) is 1. The van der Waals surface area contributed by atoms with E-state index in [4.69, 9.17) is 26.8 Å². The molecule has 0 saturated heterocycles. The van der Waals surface area contributed by atoms with Crippen LogP contribution in [-0.4, -0.2) is 65.1 Å². The maximum Gasteiger partial charge on any atom is 0.331 e. The third-order valence-corrected chi connectivity index (χ3v) is 7.68. The van der Waals surface area contributed by atoms with E-state index >= 15 is 0 Å². The first-order valence-electron chi connectivity index (χ1n) is 14.2. The van der Waals surface area contributed by atoms with Gasteiger partial charge in [0.1, 0.15) is 18.0 Å². The molecule has 10 heteroatoms. The van der Waals surface area contributed by atoms with Crippen LogP contribution in [0.1, 0.15) is 63.4 Å². The molecule has 1 fully saturated rings. The number of para-hydroxylation sites is 1. The smallest absolute Gasteiger partial charge is 0.331 e. The van der Waals surface area contributed by atoms with Crippen LogP contribution in [0.4, 0.5) is 5.69 Å². The summed E-state index contributed by atoms with van der Waals surface area (Å²) in [5.41, 5.74) is 7.70. The zero-order valence-electron chi connectivity index (χ0n) is 22.9. The molecule has 216 valence electrons. The van der Waals surface area contributed by atoms with Crippen LogP contribution in [0.15, 0.2) is 47.5 Å². The maximum absolute atomic E-state index is 12.8. The Morgan fingerprint density at radius 3 is 2.60 bits per heavy atom. The van der Waals surface area contributed by atoms with E-state index in [1.807, 2.05) is 23.1 Å². The van der Waals surface area contributed by atoms with Crippen molar-refractivity contribution in [1.82, 2.24) is 9.80 Å². The van der Waals surface area contributed by atoms with Gasteiger partial charge in [-0.3, -0.25) is 4.79 Å². The number of hydrogen-bond acceptors (Lipinski definition) is 8. The number of nitrogens with zero attached hydrogens (tertiary/aromatic N) is 3. The van der Waals surface area contributed by atoms with Crippen molar-refractivity contribution in [2.75, 3.05) is 26.3 Å². The molecule has 2 aromatic carbocycles. The fraction of sp³-hybridized carbons (Fsp3) is 0.500. The summed E-state index contributed by atoms with van der Waals surface area (Å²) in [5.74, 6) is 0.865. The van der Waals surface area contributed by atoms with Crippen LogP contribution in [-0.2, 0) is 16.1 Å². The number of hydrogen-bond donors (Lipinski definition) is 2. The van der Waals surface area contributed by atoms with Gasteiger partial charge in [0.15, 0.2) is 5.96 Å². The summed E-state index contributed by atoms with van der Waals surface area (Å²) in [6.45, 7) is 1.20. The Bertz CT molecular complexity index is 1180. The van der Waals surface area contributed by atoms with Crippen molar-refractivity contribution in [1.29, 1.82) is 0 Å². The summed E-state index contributed by atoms with van der Waals surface area (Å²) in [5, 5.41) is 9.79. The molecule has 0 atom stereocenters. The zero-order chi connectivity index (χ0) is 28.3. The van der Waals surface area contributed by atoms with E-state index in [0.717, 1.165) is 50.5 Å². The number of ether oxygens (including phenoxy) is 2. The summed E-state index contributed by atoms with van der Waals surface area (Å²) >= 11 is 6.10. The third kappa shape index (κ3) is 8.11. The van der Waals surface area contributed by atoms with Crippen molar-refractivity contribution >= 4 is 35.1 Å². The maximum atomic E-state index is 12.8. The molecule has 4 rings (SSSR count). The van der Waals surface area contributed by atoms with Gasteiger partial charge in [0.2, 0.25) is 5.91 Å². The lowest BCUT2D eigenvalue weighted by molar-refractivity contribution is -0.135. The van der Waals surface area contributed by atoms with Crippen LogP contribution in [0.5, 0.6) is 11.5 Å². The second kappa shape index (κ2) is 14.9. The molecule has 3 N–H and O–H groups in total. The molecule has 2 aromatic rings. The Kier molecular flexibility index (Phi) is 11.1. The molecule has 9 nitrogen and oxygen atoms in total. The molecule has 0 unspecified atom stereocenters. The molecule has 40 heavy (non-hydrogen) atoms. The normalized spacial score (nSPS) is 15.2. The van der Waals surface area contributed by atoms with E-state index < -0.39 is 5.97 Å². The van der Waals surface area contributed by atoms with Gasteiger partial charge < -0.3 is 30.1 Å². The largest absolute Gasteiger partial charge is 0.493 e. The van der Waals surface area contributed by atoms with Crippen molar-refractivity contribution in [2.45, 2.75) is 70.4 Å². The Morgan fingerprint density at radius 1 is 1.05 bits per heavy atom. The number of aliphatic hydroxyl groups excluding tert-OH is 1. The third-order valence-electron chi connectivity index (χ3n) is 7.37. The number of esters is 1. The fourth-order valence-corrected chi connectivity index (χ4v) is 5.46. The van der Waals surface area contributed by atoms with E-state index in [2.05, 4.69) is 4.99 Å². The van der Waals surface area contributed by atoms with Crippen LogP contribution in [0.3, 0.4) is 0 Å². The second-order valence-corrected chi connectivity index (χ2v) is 10.7. The van der Waals surface area contributed by atoms with Crippen LogP contribution in [0.2, 0.25) is 5.02 Å². The number of carbonyl (C=O) groups is 2. The van der Waals surface area contributed by atoms with E-state index in [-0.39, 0.29) is 31.1 Å². The second-order valence-electron chi connectivity index (χ2n) is 10.2. The summed E-state index contributed by atoms with van der Waals surface area (Å²) in [6, 6.07) is 12.7. The van der Waals surface area contributed by atoms with Gasteiger partial charge in [-0.25, -0.2) is 9.79 Å². The van der Waals surface area contributed by atoms with Crippen molar-refractivity contribution in [3.63, 3.8) is 0 Å². The Labute approximate surface area is 240 Å². The number of carbonyl (C=O) groups excluding carboxylic acids is 2. The van der Waals surface area contributed by atoms with Crippen LogP contribution < -0.4 is 15.2 Å². The van der Waals surface area contributed by atoms with Gasteiger partial charge in [0, 0.05) is 24.6 Å². The van der Waals surface area contributed by atoms with Crippen LogP contribution in [0, 0.1) is 0 Å². The van der Waals surface area contributed by atoms with Crippen molar-refractivity contribution in [2.24, 2.45) is 10.7 Å². The van der Waals surface area contributed by atoms with Crippen LogP contribution in [0.25, 0.3) is 0 Å². The first kappa shape index (κ1) is 29.7. The number of aliphatic imine (C=N–C) groups is 1. The lowest BCUT2D eigenvalue weighted by Crippen LogP contribution is -2.43. The highest BCUT2D eigenvalue weighted by molar-refractivity contribution is 6.32. The molecule has 0 aromatic heterocycles. The summed E-state index contributed by atoms with van der Waals surface area (Å²) < 4.78 is 11.5. The molecule has 1 saturated carbocycles. The molecule has 1 amide bonds. The Morgan fingerprint density at radius 2 is 1.82 bits per heavy atom. The fourth-order valence-electron chi connectivity index (χ4n) is 5.29. The van der Waals surface area contributed by atoms with E-state index in [0.29, 0.717) is 48.3 Å². The van der Waals surface area contributed by atoms with Gasteiger partial charge in [0.05, 0.1) is 30.5 Å². The number of amides is 1. The average Bonchev–Trinajstić information content (AvgIpc) is 2.95. The highest BCUT2D eigenvalue weighted by atomic mass is 35.5. The highest BCUT2D eigenvalue weighted by Crippen LogP contribution is 2.33. The SMILES string of the molecule is NC1=Nc2cccc(OCCCCCC(=O)N(CCO)C3CCCCC3)c2CN1CC(=O)Oc1ccccc1Cl. The summed E-state index contributed by atoms with van der Waals surface area (Å²) in [6.07, 6.45) is 8.56. The molecule has 0 bridgehead atoms. The minimum atomic E-state index is -0.497. The molecular weight excluding hydrogens is 532 g/mol. The lowest BCUT2D eigenvalue weighted by atomic mass is 9.94. The number of rotatable bonds is 13. The van der Waals surface area contributed by atoms with Crippen molar-refractivity contribution in [3.8, 4) is 11.5 Å². The minimum Gasteiger partial charge on any atom is -0.493 e. The monoisotopic (exact) mass is 570 g/mol. The van der Waals surface area contributed by atoms with Gasteiger partial charge in [0.25, 0.3) is 0 Å². The Balaban J connectivity index is 1.24. The minimum absolute atomic E-state index is 0.00711. The number of guanidine groups is 1. The van der Waals surface area contributed by atoms with Gasteiger partial charge in [-0.2, -0.15) is 0 Å². The van der Waals surface area contributed by atoms with Gasteiger partial charge >= 0.3 is 5.97 Å². The predicted octanol–water partition coefficient (Wildman–Crippen LogP) is 4.80. The average molecular weight is 571 g/mol. The van der Waals surface area contributed by atoms with Gasteiger partial charge in [-0.1, -0.05) is 49.1 Å². The zero-order valence-corrected chi connectivity index (χ0v) is 23.7. The topological polar surface area (TPSA) is 118 Å². The van der Waals surface area contributed by atoms with Crippen molar-refractivity contribution < 1.29 is 24.2 Å².